The zero-order valence-corrected chi connectivity index (χ0v) is 18.4. The number of ether oxygens (including phenoxy) is 2. The molecule has 0 atom stereocenters. The van der Waals surface area contributed by atoms with Gasteiger partial charge in [-0.25, -0.2) is 4.79 Å². The summed E-state index contributed by atoms with van der Waals surface area (Å²) in [6.45, 7) is 3.91. The molecule has 4 heteroatoms. The van der Waals surface area contributed by atoms with E-state index in [1.807, 2.05) is 13.8 Å². The quantitative estimate of drug-likeness (QED) is 0.209. The van der Waals surface area contributed by atoms with Crippen LogP contribution in [0.25, 0.3) is 25.1 Å². The van der Waals surface area contributed by atoms with Gasteiger partial charge in [0.25, 0.3) is 0 Å². The first kappa shape index (κ1) is 19.7. The van der Waals surface area contributed by atoms with E-state index in [0.29, 0.717) is 0 Å². The molecular formula is C27H23O3S+. The molecule has 5 rings (SSSR count). The van der Waals surface area contributed by atoms with Crippen LogP contribution in [0.4, 0.5) is 0 Å². The summed E-state index contributed by atoms with van der Waals surface area (Å²) >= 11 is 0. The van der Waals surface area contributed by atoms with Crippen LogP contribution in [0.1, 0.15) is 24.0 Å². The van der Waals surface area contributed by atoms with E-state index in [1.165, 1.54) is 25.1 Å². The van der Waals surface area contributed by atoms with E-state index in [1.54, 1.807) is 0 Å². The van der Waals surface area contributed by atoms with E-state index < -0.39 is 11.6 Å². The van der Waals surface area contributed by atoms with Gasteiger partial charge in [0.15, 0.2) is 26.5 Å². The van der Waals surface area contributed by atoms with Gasteiger partial charge in [-0.15, -0.1) is 6.42 Å². The van der Waals surface area contributed by atoms with E-state index in [4.69, 9.17) is 15.9 Å². The zero-order chi connectivity index (χ0) is 21.6. The van der Waals surface area contributed by atoms with E-state index in [0.717, 1.165) is 29.7 Å². The minimum absolute atomic E-state index is 0.137. The lowest BCUT2D eigenvalue weighted by molar-refractivity contribution is -0.150. The lowest BCUT2D eigenvalue weighted by atomic mass is 10.1. The van der Waals surface area contributed by atoms with Gasteiger partial charge in [0.1, 0.15) is 5.75 Å². The average Bonchev–Trinajstić information content (AvgIpc) is 3.46. The lowest BCUT2D eigenvalue weighted by Crippen LogP contribution is -2.23. The number of thiophene rings is 1. The van der Waals surface area contributed by atoms with Crippen molar-refractivity contribution in [1.29, 1.82) is 0 Å². The highest BCUT2D eigenvalue weighted by atomic mass is 32.2. The minimum Gasteiger partial charge on any atom is -0.481 e. The first-order valence-corrected chi connectivity index (χ1v) is 11.6. The Kier molecular flexibility index (Phi) is 4.72. The van der Waals surface area contributed by atoms with Crippen LogP contribution in [0, 0.1) is 26.2 Å². The number of aryl methyl sites for hydroxylation is 2. The van der Waals surface area contributed by atoms with Crippen LogP contribution < -0.4 is 4.74 Å². The Hall–Kier alpha value is -3.29. The second kappa shape index (κ2) is 7.44. The third-order valence-corrected chi connectivity index (χ3v) is 8.08. The van der Waals surface area contributed by atoms with Crippen molar-refractivity contribution < 1.29 is 14.3 Å². The van der Waals surface area contributed by atoms with Crippen molar-refractivity contribution in [3.05, 3.63) is 71.8 Å². The van der Waals surface area contributed by atoms with Gasteiger partial charge in [0.05, 0.1) is 0 Å². The molecule has 4 aromatic rings. The molecule has 1 aliphatic rings. The van der Waals surface area contributed by atoms with E-state index in [2.05, 4.69) is 66.6 Å². The fourth-order valence-electron chi connectivity index (χ4n) is 4.13. The molecule has 1 aromatic heterocycles. The SMILES string of the molecule is C#CC1(OC(=O)COc2c(C)cc(-[s+]3c4ccccc4c4ccccc43)cc2C)CC1. The number of carbonyl (C=O) groups is 1. The summed E-state index contributed by atoms with van der Waals surface area (Å²) < 4.78 is 13.9. The molecule has 154 valence electrons. The Labute approximate surface area is 184 Å². The molecule has 0 aliphatic heterocycles. The molecule has 31 heavy (non-hydrogen) atoms. The van der Waals surface area contributed by atoms with Crippen molar-refractivity contribution in [2.24, 2.45) is 0 Å². The van der Waals surface area contributed by atoms with E-state index >= 15 is 0 Å². The first-order chi connectivity index (χ1) is 15.0. The Morgan fingerprint density at radius 3 is 2.06 bits per heavy atom. The predicted molar refractivity (Wildman–Crippen MR) is 127 cm³/mol. The predicted octanol–water partition coefficient (Wildman–Crippen LogP) is 6.44. The van der Waals surface area contributed by atoms with Gasteiger partial charge in [-0.05, 0) is 49.2 Å². The molecule has 1 fully saturated rings. The van der Waals surface area contributed by atoms with Gasteiger partial charge >= 0.3 is 5.97 Å². The summed E-state index contributed by atoms with van der Waals surface area (Å²) in [5, 5.41) is 2.62. The molecule has 1 aliphatic carbocycles. The smallest absolute Gasteiger partial charge is 0.345 e. The topological polar surface area (TPSA) is 35.5 Å². The molecule has 1 saturated carbocycles. The number of hydrogen-bond donors (Lipinski definition) is 0. The van der Waals surface area contributed by atoms with Crippen molar-refractivity contribution >= 4 is 36.6 Å². The molecule has 0 bridgehead atoms. The van der Waals surface area contributed by atoms with E-state index in [9.17, 15) is 4.79 Å². The third-order valence-electron chi connectivity index (χ3n) is 5.78. The molecule has 0 unspecified atom stereocenters. The number of terminal acetylenes is 1. The second-order valence-electron chi connectivity index (χ2n) is 8.09. The average molecular weight is 428 g/mol. The fourth-order valence-corrected chi connectivity index (χ4v) is 6.69. The molecule has 0 N–H and O–H groups in total. The summed E-state index contributed by atoms with van der Waals surface area (Å²) in [7, 11) is -0.158. The van der Waals surface area contributed by atoms with Crippen molar-refractivity contribution in [2.75, 3.05) is 6.61 Å². The Balaban J connectivity index is 1.49. The van der Waals surface area contributed by atoms with Crippen molar-refractivity contribution in [3.8, 4) is 23.0 Å². The molecule has 3 nitrogen and oxygen atoms in total. The zero-order valence-electron chi connectivity index (χ0n) is 17.6. The maximum atomic E-state index is 12.2. The molecule has 0 amide bonds. The molecule has 1 heterocycles. The molecule has 0 radical (unpaired) electrons. The number of esters is 1. The van der Waals surface area contributed by atoms with Crippen molar-refractivity contribution in [2.45, 2.75) is 32.3 Å². The lowest BCUT2D eigenvalue weighted by Gasteiger charge is -2.14. The fraction of sp³-hybridized carbons (Fsp3) is 0.222. The normalized spacial score (nSPS) is 14.4. The van der Waals surface area contributed by atoms with Gasteiger partial charge in [-0.1, -0.05) is 30.2 Å². The third kappa shape index (κ3) is 3.45. The standard InChI is InChI=1S/C27H23O3S/c1-4-27(13-14-27)30-25(28)17-29-26-18(2)15-20(16-19(26)3)31-23-11-7-5-9-21(23)22-10-6-8-12-24(22)31/h1,5-12,15-16H,13-14,17H2,2-3H3/q+1. The highest BCUT2D eigenvalue weighted by Gasteiger charge is 2.45. The summed E-state index contributed by atoms with van der Waals surface area (Å²) in [4.78, 5) is 13.4. The van der Waals surface area contributed by atoms with Crippen LogP contribution in [0.5, 0.6) is 5.75 Å². The molecular weight excluding hydrogens is 404 g/mol. The highest BCUT2D eigenvalue weighted by Crippen LogP contribution is 2.49. The number of hydrogen-bond acceptors (Lipinski definition) is 3. The number of carbonyl (C=O) groups excluding carboxylic acids is 1. The maximum Gasteiger partial charge on any atom is 0.345 e. The first-order valence-electron chi connectivity index (χ1n) is 10.4. The minimum atomic E-state index is -0.696. The largest absolute Gasteiger partial charge is 0.481 e. The van der Waals surface area contributed by atoms with Crippen LogP contribution in [-0.2, 0) is 9.53 Å². The summed E-state index contributed by atoms with van der Waals surface area (Å²) in [5.74, 6) is 2.88. The van der Waals surface area contributed by atoms with Crippen LogP contribution in [0.3, 0.4) is 0 Å². The molecule has 3 aromatic carbocycles. The van der Waals surface area contributed by atoms with Crippen LogP contribution >= 0.6 is 10.5 Å². The monoisotopic (exact) mass is 427 g/mol. The van der Waals surface area contributed by atoms with Gasteiger partial charge in [0.2, 0.25) is 0 Å². The summed E-state index contributed by atoms with van der Waals surface area (Å²) in [6, 6.07) is 21.6. The molecule has 0 saturated heterocycles. The van der Waals surface area contributed by atoms with E-state index in [-0.39, 0.29) is 17.1 Å². The van der Waals surface area contributed by atoms with Gasteiger partial charge in [-0.2, -0.15) is 0 Å². The van der Waals surface area contributed by atoms with Gasteiger partial charge < -0.3 is 9.47 Å². The van der Waals surface area contributed by atoms with Crippen LogP contribution in [0.2, 0.25) is 0 Å². The van der Waals surface area contributed by atoms with Crippen molar-refractivity contribution in [1.82, 2.24) is 0 Å². The summed E-state index contributed by atoms with van der Waals surface area (Å²) in [5.41, 5.74) is 1.32. The Bertz CT molecular complexity index is 1290. The van der Waals surface area contributed by atoms with Crippen molar-refractivity contribution in [3.63, 3.8) is 0 Å². The highest BCUT2D eigenvalue weighted by molar-refractivity contribution is 7.50. The number of rotatable bonds is 5. The number of benzene rings is 3. The Morgan fingerprint density at radius 1 is 1.00 bits per heavy atom. The maximum absolute atomic E-state index is 12.2. The second-order valence-corrected chi connectivity index (χ2v) is 10.0. The van der Waals surface area contributed by atoms with Gasteiger partial charge in [-0.3, -0.25) is 0 Å². The molecule has 0 spiro atoms. The Morgan fingerprint density at radius 2 is 1.55 bits per heavy atom. The number of fused-ring (bicyclic) bond motifs is 3. The van der Waals surface area contributed by atoms with Crippen LogP contribution in [0.15, 0.2) is 60.7 Å². The summed E-state index contributed by atoms with van der Waals surface area (Å²) in [6.07, 6.45) is 6.91. The van der Waals surface area contributed by atoms with Crippen LogP contribution in [-0.4, -0.2) is 18.2 Å². The van der Waals surface area contributed by atoms with Gasteiger partial charge in [0, 0.05) is 46.2 Å².